The number of carbonyl (C=O) groups is 1. The average molecular weight is 213 g/mol. The Kier molecular flexibility index (Phi) is 4.14. The Morgan fingerprint density at radius 3 is 2.27 bits per heavy atom. The minimum atomic E-state index is -0.0679. The summed E-state index contributed by atoms with van der Waals surface area (Å²) >= 11 is 0. The summed E-state index contributed by atoms with van der Waals surface area (Å²) in [6, 6.07) is 0. The van der Waals surface area contributed by atoms with Crippen molar-refractivity contribution in [2.24, 2.45) is 0 Å². The minimum absolute atomic E-state index is 0.0679. The third kappa shape index (κ3) is 4.20. The molecule has 1 aliphatic rings. The molecule has 15 heavy (non-hydrogen) atoms. The summed E-state index contributed by atoms with van der Waals surface area (Å²) in [6.07, 6.45) is 2.89. The zero-order valence-electron chi connectivity index (χ0n) is 10.4. The second-order valence-corrected chi connectivity index (χ2v) is 5.16. The van der Waals surface area contributed by atoms with Crippen molar-refractivity contribution in [3.05, 3.63) is 0 Å². The summed E-state index contributed by atoms with van der Waals surface area (Å²) in [5.74, 6) is 0.268. The predicted molar refractivity (Wildman–Crippen MR) is 60.7 cm³/mol. The van der Waals surface area contributed by atoms with Gasteiger partial charge >= 0.3 is 0 Å². The van der Waals surface area contributed by atoms with E-state index in [0.717, 1.165) is 25.9 Å². The molecule has 0 spiro atoms. The number of piperidine rings is 1. The summed E-state index contributed by atoms with van der Waals surface area (Å²) < 4.78 is 5.90. The highest BCUT2D eigenvalue weighted by Crippen LogP contribution is 2.20. The molecule has 1 heterocycles. The molecule has 0 aliphatic carbocycles. The van der Waals surface area contributed by atoms with E-state index in [4.69, 9.17) is 4.74 Å². The quantitative estimate of drug-likeness (QED) is 0.704. The smallest absolute Gasteiger partial charge is 0.222 e. The number of ether oxygens (including phenoxy) is 1. The molecule has 1 aliphatic heterocycles. The van der Waals surface area contributed by atoms with Gasteiger partial charge in [-0.15, -0.1) is 0 Å². The first-order chi connectivity index (χ1) is 6.92. The maximum Gasteiger partial charge on any atom is 0.222 e. The summed E-state index contributed by atoms with van der Waals surface area (Å²) in [7, 11) is 0. The van der Waals surface area contributed by atoms with Crippen molar-refractivity contribution in [2.45, 2.75) is 58.7 Å². The van der Waals surface area contributed by atoms with Crippen molar-refractivity contribution in [1.82, 2.24) is 4.90 Å². The fraction of sp³-hybridized carbons (Fsp3) is 0.917. The van der Waals surface area contributed by atoms with Gasteiger partial charge in [-0.1, -0.05) is 6.92 Å². The molecule has 0 aromatic carbocycles. The van der Waals surface area contributed by atoms with Gasteiger partial charge in [-0.3, -0.25) is 4.79 Å². The molecule has 1 fully saturated rings. The number of nitrogens with zero attached hydrogens (tertiary/aromatic N) is 1. The maximum absolute atomic E-state index is 11.4. The van der Waals surface area contributed by atoms with Crippen molar-refractivity contribution in [3.8, 4) is 0 Å². The molecule has 0 unspecified atom stereocenters. The van der Waals surface area contributed by atoms with Gasteiger partial charge in [0.1, 0.15) is 0 Å². The molecule has 0 saturated carbocycles. The Bertz CT molecular complexity index is 212. The van der Waals surface area contributed by atoms with Crippen LogP contribution in [0.25, 0.3) is 0 Å². The van der Waals surface area contributed by atoms with Crippen molar-refractivity contribution in [3.63, 3.8) is 0 Å². The number of likely N-dealkylation sites (tertiary alicyclic amines) is 1. The first-order valence-corrected chi connectivity index (χ1v) is 5.88. The van der Waals surface area contributed by atoms with Crippen LogP contribution in [0.4, 0.5) is 0 Å². The van der Waals surface area contributed by atoms with Crippen LogP contribution in [0.3, 0.4) is 0 Å². The Labute approximate surface area is 92.8 Å². The lowest BCUT2D eigenvalue weighted by Gasteiger charge is -2.35. The summed E-state index contributed by atoms with van der Waals surface area (Å²) in [5.41, 5.74) is -0.0679. The molecular formula is C12H23NO2. The van der Waals surface area contributed by atoms with Crippen LogP contribution in [0.2, 0.25) is 0 Å². The first kappa shape index (κ1) is 12.5. The lowest BCUT2D eigenvalue weighted by atomic mass is 10.1. The van der Waals surface area contributed by atoms with Gasteiger partial charge in [0.05, 0.1) is 11.7 Å². The van der Waals surface area contributed by atoms with E-state index in [1.165, 1.54) is 0 Å². The number of hydrogen-bond acceptors (Lipinski definition) is 2. The lowest BCUT2D eigenvalue weighted by Crippen LogP contribution is -2.42. The molecule has 0 N–H and O–H groups in total. The highest BCUT2D eigenvalue weighted by atomic mass is 16.5. The van der Waals surface area contributed by atoms with Crippen LogP contribution in [-0.2, 0) is 9.53 Å². The zero-order chi connectivity index (χ0) is 11.5. The molecule has 0 bridgehead atoms. The van der Waals surface area contributed by atoms with Crippen LogP contribution in [0, 0.1) is 0 Å². The molecular weight excluding hydrogens is 190 g/mol. The van der Waals surface area contributed by atoms with Crippen LogP contribution in [0.1, 0.15) is 47.0 Å². The van der Waals surface area contributed by atoms with E-state index in [1.54, 1.807) is 0 Å². The lowest BCUT2D eigenvalue weighted by molar-refractivity contribution is -0.135. The van der Waals surface area contributed by atoms with Gasteiger partial charge in [0.15, 0.2) is 0 Å². The van der Waals surface area contributed by atoms with E-state index < -0.39 is 0 Å². The van der Waals surface area contributed by atoms with Gasteiger partial charge in [-0.2, -0.15) is 0 Å². The van der Waals surface area contributed by atoms with Crippen molar-refractivity contribution >= 4 is 5.91 Å². The Hall–Kier alpha value is -0.570. The number of amides is 1. The molecule has 0 aromatic rings. The zero-order valence-corrected chi connectivity index (χ0v) is 10.4. The van der Waals surface area contributed by atoms with Gasteiger partial charge in [0.2, 0.25) is 5.91 Å². The van der Waals surface area contributed by atoms with E-state index in [9.17, 15) is 4.79 Å². The van der Waals surface area contributed by atoms with Gasteiger partial charge in [-0.05, 0) is 33.6 Å². The third-order valence-corrected chi connectivity index (χ3v) is 2.62. The average Bonchev–Trinajstić information content (AvgIpc) is 2.15. The predicted octanol–water partition coefficient (Wildman–Crippen LogP) is 2.20. The normalized spacial score (nSPS) is 19.3. The standard InChI is InChI=1S/C12H23NO2/c1-5-11(14)13-8-6-10(7-9-13)15-12(2,3)4/h10H,5-9H2,1-4H3. The van der Waals surface area contributed by atoms with Gasteiger partial charge in [0.25, 0.3) is 0 Å². The van der Waals surface area contributed by atoms with E-state index in [1.807, 2.05) is 11.8 Å². The summed E-state index contributed by atoms with van der Waals surface area (Å²) in [4.78, 5) is 13.4. The van der Waals surface area contributed by atoms with E-state index in [0.29, 0.717) is 12.5 Å². The largest absolute Gasteiger partial charge is 0.372 e. The maximum atomic E-state index is 11.4. The van der Waals surface area contributed by atoms with Crippen molar-refractivity contribution in [2.75, 3.05) is 13.1 Å². The fourth-order valence-electron chi connectivity index (χ4n) is 1.95. The van der Waals surface area contributed by atoms with Crippen LogP contribution < -0.4 is 0 Å². The molecule has 0 atom stereocenters. The summed E-state index contributed by atoms with van der Waals surface area (Å²) in [5, 5.41) is 0. The van der Waals surface area contributed by atoms with Gasteiger partial charge in [0, 0.05) is 19.5 Å². The fourth-order valence-corrected chi connectivity index (χ4v) is 1.95. The topological polar surface area (TPSA) is 29.5 Å². The van der Waals surface area contributed by atoms with Gasteiger partial charge < -0.3 is 9.64 Å². The van der Waals surface area contributed by atoms with Crippen LogP contribution in [0.5, 0.6) is 0 Å². The highest BCUT2D eigenvalue weighted by molar-refractivity contribution is 5.75. The molecule has 1 rings (SSSR count). The Balaban J connectivity index is 2.33. The van der Waals surface area contributed by atoms with Gasteiger partial charge in [-0.25, -0.2) is 0 Å². The number of carbonyl (C=O) groups excluding carboxylic acids is 1. The summed E-state index contributed by atoms with van der Waals surface area (Å²) in [6.45, 7) is 9.87. The van der Waals surface area contributed by atoms with E-state index in [2.05, 4.69) is 20.8 Å². The Morgan fingerprint density at radius 1 is 1.33 bits per heavy atom. The Morgan fingerprint density at radius 2 is 1.87 bits per heavy atom. The molecule has 88 valence electrons. The second-order valence-electron chi connectivity index (χ2n) is 5.16. The molecule has 0 aromatic heterocycles. The highest BCUT2D eigenvalue weighted by Gasteiger charge is 2.25. The first-order valence-electron chi connectivity index (χ1n) is 5.88. The molecule has 1 saturated heterocycles. The van der Waals surface area contributed by atoms with E-state index >= 15 is 0 Å². The van der Waals surface area contributed by atoms with Crippen LogP contribution in [-0.4, -0.2) is 35.6 Å². The monoisotopic (exact) mass is 213 g/mol. The van der Waals surface area contributed by atoms with Crippen molar-refractivity contribution < 1.29 is 9.53 Å². The molecule has 3 heteroatoms. The van der Waals surface area contributed by atoms with Crippen LogP contribution in [0.15, 0.2) is 0 Å². The second kappa shape index (κ2) is 4.97. The van der Waals surface area contributed by atoms with E-state index in [-0.39, 0.29) is 11.5 Å². The van der Waals surface area contributed by atoms with Crippen molar-refractivity contribution in [1.29, 1.82) is 0 Å². The number of rotatable bonds is 2. The SMILES string of the molecule is CCC(=O)N1CCC(OC(C)(C)C)CC1. The molecule has 0 radical (unpaired) electrons. The molecule has 1 amide bonds. The molecule has 3 nitrogen and oxygen atoms in total. The third-order valence-electron chi connectivity index (χ3n) is 2.62. The number of hydrogen-bond donors (Lipinski definition) is 0. The minimum Gasteiger partial charge on any atom is -0.372 e. The van der Waals surface area contributed by atoms with Crippen LogP contribution >= 0.6 is 0 Å².